The lowest BCUT2D eigenvalue weighted by atomic mass is 10.1. The van der Waals surface area contributed by atoms with Gasteiger partial charge in [0.2, 0.25) is 0 Å². The first kappa shape index (κ1) is 12.8. The van der Waals surface area contributed by atoms with Crippen LogP contribution < -0.4 is 4.74 Å². The van der Waals surface area contributed by atoms with Gasteiger partial charge in [-0.3, -0.25) is 0 Å². The van der Waals surface area contributed by atoms with Crippen molar-refractivity contribution in [2.24, 2.45) is 0 Å². The van der Waals surface area contributed by atoms with Crippen LogP contribution in [0.25, 0.3) is 12.2 Å². The average Bonchev–Trinajstić information content (AvgIpc) is 2.39. The van der Waals surface area contributed by atoms with Gasteiger partial charge in [-0.15, -0.1) is 0 Å². The Kier molecular flexibility index (Phi) is 4.15. The summed E-state index contributed by atoms with van der Waals surface area (Å²) in [6.45, 7) is 0. The molecule has 0 aliphatic heterocycles. The second-order valence-corrected chi connectivity index (χ2v) is 4.63. The summed E-state index contributed by atoms with van der Waals surface area (Å²) in [7, 11) is 1.63. The molecule has 0 fully saturated rings. The van der Waals surface area contributed by atoms with E-state index in [4.69, 9.17) is 4.74 Å². The summed E-state index contributed by atoms with van der Waals surface area (Å²) in [5.41, 5.74) is 1.98. The zero-order chi connectivity index (χ0) is 13.0. The normalized spacial score (nSPS) is 10.8. The smallest absolute Gasteiger partial charge is 0.133 e. The molecule has 0 saturated carbocycles. The van der Waals surface area contributed by atoms with E-state index in [0.29, 0.717) is 0 Å². The molecular weight excluding hydrogens is 295 g/mol. The van der Waals surface area contributed by atoms with E-state index in [1.807, 2.05) is 30.4 Å². The standard InChI is InChI=1S/C15H12BrFO/c1-18-15-10-12(6-9-14(15)16)3-2-11-4-7-13(17)8-5-11/h2-10H,1H3/b3-2+. The highest BCUT2D eigenvalue weighted by molar-refractivity contribution is 9.10. The van der Waals surface area contributed by atoms with Crippen LogP contribution in [0.3, 0.4) is 0 Å². The zero-order valence-corrected chi connectivity index (χ0v) is 11.4. The summed E-state index contributed by atoms with van der Waals surface area (Å²) in [6.07, 6.45) is 3.89. The molecule has 92 valence electrons. The highest BCUT2D eigenvalue weighted by Crippen LogP contribution is 2.26. The van der Waals surface area contributed by atoms with Crippen molar-refractivity contribution in [2.45, 2.75) is 0 Å². The van der Waals surface area contributed by atoms with Crippen LogP contribution in [0.4, 0.5) is 4.39 Å². The van der Waals surface area contributed by atoms with E-state index in [9.17, 15) is 4.39 Å². The van der Waals surface area contributed by atoms with Gasteiger partial charge >= 0.3 is 0 Å². The number of halogens is 2. The van der Waals surface area contributed by atoms with Crippen LogP contribution >= 0.6 is 15.9 Å². The van der Waals surface area contributed by atoms with Crippen LogP contribution in [0.15, 0.2) is 46.9 Å². The van der Waals surface area contributed by atoms with Crippen LogP contribution in [0.5, 0.6) is 5.75 Å². The molecule has 0 saturated heterocycles. The van der Waals surface area contributed by atoms with Crippen molar-refractivity contribution in [1.82, 2.24) is 0 Å². The molecule has 18 heavy (non-hydrogen) atoms. The van der Waals surface area contributed by atoms with Crippen molar-refractivity contribution in [2.75, 3.05) is 7.11 Å². The molecule has 0 atom stereocenters. The van der Waals surface area contributed by atoms with E-state index in [1.165, 1.54) is 12.1 Å². The molecule has 0 unspecified atom stereocenters. The number of hydrogen-bond acceptors (Lipinski definition) is 1. The fourth-order valence-corrected chi connectivity index (χ4v) is 1.95. The van der Waals surface area contributed by atoms with Gasteiger partial charge in [0.1, 0.15) is 11.6 Å². The molecule has 1 nitrogen and oxygen atoms in total. The van der Waals surface area contributed by atoms with Gasteiger partial charge in [0, 0.05) is 0 Å². The van der Waals surface area contributed by atoms with E-state index in [-0.39, 0.29) is 5.82 Å². The predicted molar refractivity (Wildman–Crippen MR) is 76.0 cm³/mol. The molecule has 0 amide bonds. The van der Waals surface area contributed by atoms with Gasteiger partial charge in [0.15, 0.2) is 0 Å². The molecule has 2 aromatic rings. The van der Waals surface area contributed by atoms with Gasteiger partial charge in [-0.2, -0.15) is 0 Å². The minimum atomic E-state index is -0.225. The van der Waals surface area contributed by atoms with Crippen molar-refractivity contribution >= 4 is 28.1 Å². The Morgan fingerprint density at radius 1 is 1.00 bits per heavy atom. The number of methoxy groups -OCH3 is 1. The zero-order valence-electron chi connectivity index (χ0n) is 9.86. The molecule has 3 heteroatoms. The lowest BCUT2D eigenvalue weighted by Crippen LogP contribution is -1.84. The van der Waals surface area contributed by atoms with Gasteiger partial charge in [-0.25, -0.2) is 4.39 Å². The Labute approximate surface area is 114 Å². The van der Waals surface area contributed by atoms with E-state index in [2.05, 4.69) is 15.9 Å². The summed E-state index contributed by atoms with van der Waals surface area (Å²) in [6, 6.07) is 12.2. The van der Waals surface area contributed by atoms with Gasteiger partial charge in [0.25, 0.3) is 0 Å². The van der Waals surface area contributed by atoms with Crippen molar-refractivity contribution in [3.63, 3.8) is 0 Å². The summed E-state index contributed by atoms with van der Waals surface area (Å²) in [5, 5.41) is 0. The third kappa shape index (κ3) is 3.20. The molecule has 0 radical (unpaired) electrons. The third-order valence-corrected chi connectivity index (χ3v) is 3.17. The number of ether oxygens (including phenoxy) is 1. The molecule has 0 aromatic heterocycles. The summed E-state index contributed by atoms with van der Waals surface area (Å²) in [5.74, 6) is 0.564. The maximum atomic E-state index is 12.7. The molecule has 2 rings (SSSR count). The third-order valence-electron chi connectivity index (χ3n) is 2.51. The lowest BCUT2D eigenvalue weighted by Gasteiger charge is -2.03. The highest BCUT2D eigenvalue weighted by atomic mass is 79.9. The lowest BCUT2D eigenvalue weighted by molar-refractivity contribution is 0.412. The first-order valence-corrected chi connectivity index (χ1v) is 6.25. The predicted octanol–water partition coefficient (Wildman–Crippen LogP) is 4.77. The number of hydrogen-bond donors (Lipinski definition) is 0. The Morgan fingerprint density at radius 2 is 1.61 bits per heavy atom. The molecule has 0 N–H and O–H groups in total. The van der Waals surface area contributed by atoms with Crippen LogP contribution in [0.2, 0.25) is 0 Å². The monoisotopic (exact) mass is 306 g/mol. The number of rotatable bonds is 3. The first-order valence-electron chi connectivity index (χ1n) is 5.46. The molecule has 0 bridgehead atoms. The topological polar surface area (TPSA) is 9.23 Å². The fourth-order valence-electron chi connectivity index (χ4n) is 1.55. The summed E-state index contributed by atoms with van der Waals surface area (Å²) >= 11 is 3.40. The van der Waals surface area contributed by atoms with Crippen molar-refractivity contribution in [3.05, 3.63) is 63.9 Å². The van der Waals surface area contributed by atoms with Crippen LogP contribution in [-0.4, -0.2) is 7.11 Å². The molecule has 0 spiro atoms. The quantitative estimate of drug-likeness (QED) is 0.742. The first-order chi connectivity index (χ1) is 8.69. The van der Waals surface area contributed by atoms with E-state index in [0.717, 1.165) is 21.3 Å². The Balaban J connectivity index is 2.20. The molecular formula is C15H12BrFO. The van der Waals surface area contributed by atoms with E-state index in [1.54, 1.807) is 19.2 Å². The maximum Gasteiger partial charge on any atom is 0.133 e. The van der Waals surface area contributed by atoms with Gasteiger partial charge in [-0.1, -0.05) is 30.4 Å². The fraction of sp³-hybridized carbons (Fsp3) is 0.0667. The molecule has 0 heterocycles. The second kappa shape index (κ2) is 5.83. The van der Waals surface area contributed by atoms with Crippen molar-refractivity contribution in [1.29, 1.82) is 0 Å². The molecule has 2 aromatic carbocycles. The summed E-state index contributed by atoms with van der Waals surface area (Å²) < 4.78 is 18.9. The minimum Gasteiger partial charge on any atom is -0.496 e. The highest BCUT2D eigenvalue weighted by Gasteiger charge is 1.99. The van der Waals surface area contributed by atoms with Crippen molar-refractivity contribution < 1.29 is 9.13 Å². The van der Waals surface area contributed by atoms with Gasteiger partial charge in [-0.05, 0) is 51.3 Å². The van der Waals surface area contributed by atoms with Crippen molar-refractivity contribution in [3.8, 4) is 5.75 Å². The van der Waals surface area contributed by atoms with E-state index >= 15 is 0 Å². The van der Waals surface area contributed by atoms with Crippen LogP contribution in [-0.2, 0) is 0 Å². The largest absolute Gasteiger partial charge is 0.496 e. The number of benzene rings is 2. The minimum absolute atomic E-state index is 0.225. The van der Waals surface area contributed by atoms with Gasteiger partial charge in [0.05, 0.1) is 11.6 Å². The maximum absolute atomic E-state index is 12.7. The Morgan fingerprint density at radius 3 is 2.28 bits per heavy atom. The van der Waals surface area contributed by atoms with Crippen LogP contribution in [0.1, 0.15) is 11.1 Å². The van der Waals surface area contributed by atoms with Crippen LogP contribution in [0, 0.1) is 5.82 Å². The second-order valence-electron chi connectivity index (χ2n) is 3.78. The van der Waals surface area contributed by atoms with E-state index < -0.39 is 0 Å². The summed E-state index contributed by atoms with van der Waals surface area (Å²) in [4.78, 5) is 0. The SMILES string of the molecule is COc1cc(/C=C/c2ccc(F)cc2)ccc1Br. The molecule has 0 aliphatic rings. The van der Waals surface area contributed by atoms with Gasteiger partial charge < -0.3 is 4.74 Å². The Hall–Kier alpha value is -1.61. The molecule has 0 aliphatic carbocycles. The average molecular weight is 307 g/mol. The Bertz CT molecular complexity index is 561.